The Hall–Kier alpha value is -2.08. The zero-order valence-electron chi connectivity index (χ0n) is 11.5. The molecular formula is C14H19NO5. The summed E-state index contributed by atoms with van der Waals surface area (Å²) in [6.07, 6.45) is 0.162. The summed E-state index contributed by atoms with van der Waals surface area (Å²) in [7, 11) is 1.59. The minimum Gasteiger partial charge on any atom is -0.497 e. The van der Waals surface area contributed by atoms with Crippen LogP contribution in [-0.4, -0.2) is 41.3 Å². The van der Waals surface area contributed by atoms with Gasteiger partial charge in [-0.05, 0) is 31.0 Å². The van der Waals surface area contributed by atoms with Crippen LogP contribution < -0.4 is 10.1 Å². The first-order chi connectivity index (χ1) is 9.42. The van der Waals surface area contributed by atoms with Gasteiger partial charge in [-0.25, -0.2) is 0 Å². The topological polar surface area (TPSA) is 95.9 Å². The van der Waals surface area contributed by atoms with Gasteiger partial charge in [0.1, 0.15) is 11.8 Å². The number of benzene rings is 1. The molecule has 110 valence electrons. The molecule has 0 saturated heterocycles. The lowest BCUT2D eigenvalue weighted by atomic mass is 10.1. The molecule has 0 radical (unpaired) electrons. The average molecular weight is 281 g/mol. The number of aliphatic carboxylic acids is 2. The number of carboxylic acid groups (broad SMARTS) is 2. The quantitative estimate of drug-likeness (QED) is 0.661. The molecule has 0 aliphatic rings. The molecule has 0 saturated carbocycles. The predicted molar refractivity (Wildman–Crippen MR) is 73.0 cm³/mol. The summed E-state index contributed by atoms with van der Waals surface area (Å²) < 4.78 is 5.06. The summed E-state index contributed by atoms with van der Waals surface area (Å²) in [5.41, 5.74) is 1.02. The molecule has 0 spiro atoms. The van der Waals surface area contributed by atoms with E-state index in [9.17, 15) is 9.59 Å². The Balaban J connectivity index is 2.57. The number of carbonyl (C=O) groups is 2. The molecule has 0 aliphatic carbocycles. The van der Waals surface area contributed by atoms with E-state index in [1.165, 1.54) is 0 Å². The van der Waals surface area contributed by atoms with Crippen LogP contribution in [0.15, 0.2) is 24.3 Å². The fourth-order valence-electron chi connectivity index (χ4n) is 1.91. The van der Waals surface area contributed by atoms with Crippen molar-refractivity contribution in [3.05, 3.63) is 29.8 Å². The summed E-state index contributed by atoms with van der Waals surface area (Å²) in [6, 6.07) is 6.21. The molecule has 2 unspecified atom stereocenters. The van der Waals surface area contributed by atoms with E-state index in [1.807, 2.05) is 31.2 Å². The molecule has 0 amide bonds. The second-order valence-electron chi connectivity index (χ2n) is 4.61. The second-order valence-corrected chi connectivity index (χ2v) is 4.61. The van der Waals surface area contributed by atoms with E-state index in [0.29, 0.717) is 6.42 Å². The molecule has 0 bridgehead atoms. The third kappa shape index (κ3) is 5.27. The van der Waals surface area contributed by atoms with E-state index in [0.717, 1.165) is 11.3 Å². The first kappa shape index (κ1) is 16.0. The Morgan fingerprint density at radius 1 is 1.25 bits per heavy atom. The number of hydrogen-bond donors (Lipinski definition) is 3. The molecule has 0 aromatic heterocycles. The number of methoxy groups -OCH3 is 1. The molecule has 6 nitrogen and oxygen atoms in total. The zero-order valence-corrected chi connectivity index (χ0v) is 11.5. The number of nitrogens with one attached hydrogen (secondary N) is 1. The van der Waals surface area contributed by atoms with Gasteiger partial charge in [-0.1, -0.05) is 12.1 Å². The van der Waals surface area contributed by atoms with Crippen molar-refractivity contribution >= 4 is 11.9 Å². The van der Waals surface area contributed by atoms with Crippen LogP contribution in [0.1, 0.15) is 18.9 Å². The summed E-state index contributed by atoms with van der Waals surface area (Å²) in [4.78, 5) is 21.6. The van der Waals surface area contributed by atoms with Gasteiger partial charge in [0.2, 0.25) is 0 Å². The molecule has 1 aromatic carbocycles. The summed E-state index contributed by atoms with van der Waals surface area (Å²) >= 11 is 0. The Bertz CT molecular complexity index is 457. The van der Waals surface area contributed by atoms with E-state index >= 15 is 0 Å². The van der Waals surface area contributed by atoms with Crippen LogP contribution in [0.4, 0.5) is 0 Å². The fourth-order valence-corrected chi connectivity index (χ4v) is 1.91. The maximum Gasteiger partial charge on any atom is 0.321 e. The lowest BCUT2D eigenvalue weighted by Gasteiger charge is -2.19. The van der Waals surface area contributed by atoms with Crippen molar-refractivity contribution in [2.75, 3.05) is 7.11 Å². The standard InChI is InChI=1S/C14H19NO5/c1-9(15-12(14(18)19)8-13(16)17)7-10-3-5-11(20-2)6-4-10/h3-6,9,12,15H,7-8H2,1-2H3,(H,16,17)(H,18,19). The molecule has 1 aromatic rings. The molecule has 0 fully saturated rings. The monoisotopic (exact) mass is 281 g/mol. The van der Waals surface area contributed by atoms with E-state index in [-0.39, 0.29) is 6.04 Å². The van der Waals surface area contributed by atoms with Crippen LogP contribution in [0.5, 0.6) is 5.75 Å². The summed E-state index contributed by atoms with van der Waals surface area (Å²) in [5, 5.41) is 20.5. The van der Waals surface area contributed by atoms with Gasteiger partial charge in [-0.15, -0.1) is 0 Å². The smallest absolute Gasteiger partial charge is 0.321 e. The first-order valence-electron chi connectivity index (χ1n) is 6.26. The van der Waals surface area contributed by atoms with Crippen molar-refractivity contribution in [3.63, 3.8) is 0 Å². The maximum atomic E-state index is 11.0. The maximum absolute atomic E-state index is 11.0. The van der Waals surface area contributed by atoms with Crippen molar-refractivity contribution in [2.45, 2.75) is 31.8 Å². The lowest BCUT2D eigenvalue weighted by Crippen LogP contribution is -2.44. The zero-order chi connectivity index (χ0) is 15.1. The van der Waals surface area contributed by atoms with Gasteiger partial charge in [0.05, 0.1) is 13.5 Å². The van der Waals surface area contributed by atoms with Crippen LogP contribution in [0.25, 0.3) is 0 Å². The second kappa shape index (κ2) is 7.49. The lowest BCUT2D eigenvalue weighted by molar-refractivity contribution is -0.146. The molecule has 1 rings (SSSR count). The summed E-state index contributed by atoms with van der Waals surface area (Å²) in [6.45, 7) is 1.82. The third-order valence-corrected chi connectivity index (χ3v) is 2.86. The highest BCUT2D eigenvalue weighted by molar-refractivity contribution is 5.80. The first-order valence-corrected chi connectivity index (χ1v) is 6.26. The SMILES string of the molecule is COc1ccc(CC(C)NC(CC(=O)O)C(=O)O)cc1. The molecule has 20 heavy (non-hydrogen) atoms. The van der Waals surface area contributed by atoms with Gasteiger partial charge in [-0.2, -0.15) is 0 Å². The Kier molecular flexibility index (Phi) is 5.99. The molecule has 6 heteroatoms. The van der Waals surface area contributed by atoms with Crippen LogP contribution in [-0.2, 0) is 16.0 Å². The Labute approximate surface area is 117 Å². The number of rotatable bonds is 8. The van der Waals surface area contributed by atoms with E-state index in [4.69, 9.17) is 14.9 Å². The van der Waals surface area contributed by atoms with Gasteiger partial charge >= 0.3 is 11.9 Å². The molecule has 0 heterocycles. The predicted octanol–water partition coefficient (Wildman–Crippen LogP) is 1.14. The summed E-state index contributed by atoms with van der Waals surface area (Å²) in [5.74, 6) is -1.54. The van der Waals surface area contributed by atoms with E-state index in [1.54, 1.807) is 7.11 Å². The fraction of sp³-hybridized carbons (Fsp3) is 0.429. The molecule has 3 N–H and O–H groups in total. The minimum absolute atomic E-state index is 0.149. The van der Waals surface area contributed by atoms with Gasteiger partial charge in [-0.3, -0.25) is 9.59 Å². The van der Waals surface area contributed by atoms with Crippen molar-refractivity contribution in [3.8, 4) is 5.75 Å². The molecule has 2 atom stereocenters. The van der Waals surface area contributed by atoms with Crippen molar-refractivity contribution < 1.29 is 24.5 Å². The highest BCUT2D eigenvalue weighted by atomic mass is 16.5. The Morgan fingerprint density at radius 2 is 1.85 bits per heavy atom. The van der Waals surface area contributed by atoms with Gasteiger partial charge < -0.3 is 20.3 Å². The van der Waals surface area contributed by atoms with Crippen molar-refractivity contribution in [2.24, 2.45) is 0 Å². The number of hydrogen-bond acceptors (Lipinski definition) is 4. The van der Waals surface area contributed by atoms with E-state index < -0.39 is 24.4 Å². The van der Waals surface area contributed by atoms with Gasteiger partial charge in [0, 0.05) is 6.04 Å². The van der Waals surface area contributed by atoms with Gasteiger partial charge in [0.15, 0.2) is 0 Å². The van der Waals surface area contributed by atoms with Crippen LogP contribution in [0.2, 0.25) is 0 Å². The van der Waals surface area contributed by atoms with Crippen LogP contribution in [0.3, 0.4) is 0 Å². The number of ether oxygens (including phenoxy) is 1. The number of carboxylic acids is 2. The van der Waals surface area contributed by atoms with Crippen LogP contribution >= 0.6 is 0 Å². The molecule has 0 aliphatic heterocycles. The highest BCUT2D eigenvalue weighted by Crippen LogP contribution is 2.13. The minimum atomic E-state index is -1.16. The normalized spacial score (nSPS) is 13.5. The largest absolute Gasteiger partial charge is 0.497 e. The van der Waals surface area contributed by atoms with E-state index in [2.05, 4.69) is 5.32 Å². The highest BCUT2D eigenvalue weighted by Gasteiger charge is 2.22. The van der Waals surface area contributed by atoms with Crippen molar-refractivity contribution in [1.82, 2.24) is 5.32 Å². The third-order valence-electron chi connectivity index (χ3n) is 2.86. The molecular weight excluding hydrogens is 262 g/mol. The van der Waals surface area contributed by atoms with Crippen molar-refractivity contribution in [1.29, 1.82) is 0 Å². The van der Waals surface area contributed by atoms with Crippen LogP contribution in [0, 0.1) is 0 Å². The van der Waals surface area contributed by atoms with Gasteiger partial charge in [0.25, 0.3) is 0 Å². The Morgan fingerprint density at radius 3 is 2.30 bits per heavy atom. The average Bonchev–Trinajstić information content (AvgIpc) is 2.38.